The van der Waals surface area contributed by atoms with Crippen LogP contribution >= 0.6 is 15.9 Å². The molecule has 3 nitrogen and oxygen atoms in total. The summed E-state index contributed by atoms with van der Waals surface area (Å²) >= 11 is 3.42. The standard InChI is InChI=1S/C16H15BrO3/c1-20-12-8-6-11(7-9-12)10-14(16(18)19)13-4-2-3-5-15(13)17/h2-9,14H,10H2,1H3,(H,18,19). The normalized spacial score (nSPS) is 11.9. The number of carboxylic acids is 1. The second-order valence-corrected chi connectivity index (χ2v) is 5.32. The van der Waals surface area contributed by atoms with E-state index in [9.17, 15) is 9.90 Å². The second kappa shape index (κ2) is 6.57. The average molecular weight is 335 g/mol. The highest BCUT2D eigenvalue weighted by atomic mass is 79.9. The van der Waals surface area contributed by atoms with Crippen molar-refractivity contribution in [1.29, 1.82) is 0 Å². The zero-order valence-corrected chi connectivity index (χ0v) is 12.6. The van der Waals surface area contributed by atoms with Gasteiger partial charge in [-0.15, -0.1) is 0 Å². The van der Waals surface area contributed by atoms with E-state index in [1.807, 2.05) is 48.5 Å². The summed E-state index contributed by atoms with van der Waals surface area (Å²) < 4.78 is 5.92. The molecule has 0 saturated heterocycles. The van der Waals surface area contributed by atoms with Crippen molar-refractivity contribution < 1.29 is 14.6 Å². The molecule has 0 aliphatic carbocycles. The Kier molecular flexibility index (Phi) is 4.79. The van der Waals surface area contributed by atoms with Gasteiger partial charge in [0.15, 0.2) is 0 Å². The van der Waals surface area contributed by atoms with Gasteiger partial charge in [0.1, 0.15) is 5.75 Å². The molecule has 2 rings (SSSR count). The van der Waals surface area contributed by atoms with Gasteiger partial charge in [-0.05, 0) is 35.7 Å². The average Bonchev–Trinajstić information content (AvgIpc) is 2.46. The molecular weight excluding hydrogens is 320 g/mol. The van der Waals surface area contributed by atoms with Crippen molar-refractivity contribution >= 4 is 21.9 Å². The number of hydrogen-bond donors (Lipinski definition) is 1. The van der Waals surface area contributed by atoms with Crippen molar-refractivity contribution in [3.63, 3.8) is 0 Å². The molecule has 0 amide bonds. The van der Waals surface area contributed by atoms with E-state index >= 15 is 0 Å². The monoisotopic (exact) mass is 334 g/mol. The Labute approximate surface area is 126 Å². The number of hydrogen-bond acceptors (Lipinski definition) is 2. The third-order valence-corrected chi connectivity index (χ3v) is 3.90. The van der Waals surface area contributed by atoms with Crippen LogP contribution in [0.1, 0.15) is 17.0 Å². The molecule has 1 unspecified atom stereocenters. The third-order valence-electron chi connectivity index (χ3n) is 3.18. The molecule has 2 aromatic rings. The first-order valence-electron chi connectivity index (χ1n) is 6.22. The van der Waals surface area contributed by atoms with Crippen LogP contribution in [0.4, 0.5) is 0 Å². The fourth-order valence-corrected chi connectivity index (χ4v) is 2.65. The van der Waals surface area contributed by atoms with Crippen molar-refractivity contribution in [2.24, 2.45) is 0 Å². The summed E-state index contributed by atoms with van der Waals surface area (Å²) in [7, 11) is 1.61. The van der Waals surface area contributed by atoms with Crippen molar-refractivity contribution in [3.05, 3.63) is 64.1 Å². The zero-order valence-electron chi connectivity index (χ0n) is 11.0. The third kappa shape index (κ3) is 3.39. The van der Waals surface area contributed by atoms with Crippen molar-refractivity contribution in [1.82, 2.24) is 0 Å². The second-order valence-electron chi connectivity index (χ2n) is 4.46. The quantitative estimate of drug-likeness (QED) is 0.902. The van der Waals surface area contributed by atoms with Gasteiger partial charge in [-0.1, -0.05) is 46.3 Å². The SMILES string of the molecule is COc1ccc(CC(C(=O)O)c2ccccc2Br)cc1. The number of benzene rings is 2. The first-order chi connectivity index (χ1) is 9.61. The smallest absolute Gasteiger partial charge is 0.311 e. The summed E-state index contributed by atoms with van der Waals surface area (Å²) in [5.74, 6) is -0.631. The Balaban J connectivity index is 2.26. The maximum atomic E-state index is 11.5. The van der Waals surface area contributed by atoms with Crippen LogP contribution in [0, 0.1) is 0 Å². The highest BCUT2D eigenvalue weighted by Gasteiger charge is 2.22. The van der Waals surface area contributed by atoms with Crippen molar-refractivity contribution in [2.45, 2.75) is 12.3 Å². The van der Waals surface area contributed by atoms with Gasteiger partial charge in [0, 0.05) is 4.47 Å². The highest BCUT2D eigenvalue weighted by Crippen LogP contribution is 2.28. The maximum Gasteiger partial charge on any atom is 0.311 e. The van der Waals surface area contributed by atoms with Gasteiger partial charge in [0.2, 0.25) is 0 Å². The zero-order chi connectivity index (χ0) is 14.5. The highest BCUT2D eigenvalue weighted by molar-refractivity contribution is 9.10. The molecule has 20 heavy (non-hydrogen) atoms. The van der Waals surface area contributed by atoms with Gasteiger partial charge in [-0.3, -0.25) is 4.79 Å². The first-order valence-corrected chi connectivity index (χ1v) is 7.01. The Morgan fingerprint density at radius 2 is 1.85 bits per heavy atom. The Bertz CT molecular complexity index is 593. The molecule has 104 valence electrons. The van der Waals surface area contributed by atoms with E-state index in [2.05, 4.69) is 15.9 Å². The maximum absolute atomic E-state index is 11.5. The number of carboxylic acid groups (broad SMARTS) is 1. The van der Waals surface area contributed by atoms with Gasteiger partial charge in [0.05, 0.1) is 13.0 Å². The van der Waals surface area contributed by atoms with Crippen LogP contribution in [-0.4, -0.2) is 18.2 Å². The van der Waals surface area contributed by atoms with Gasteiger partial charge in [-0.2, -0.15) is 0 Å². The molecule has 0 heterocycles. The van der Waals surface area contributed by atoms with E-state index in [0.717, 1.165) is 21.3 Å². The van der Waals surface area contributed by atoms with Crippen LogP contribution < -0.4 is 4.74 Å². The summed E-state index contributed by atoms with van der Waals surface area (Å²) in [6.07, 6.45) is 0.446. The summed E-state index contributed by atoms with van der Waals surface area (Å²) in [5.41, 5.74) is 1.75. The molecule has 0 aliphatic heterocycles. The Hall–Kier alpha value is -1.81. The van der Waals surface area contributed by atoms with Gasteiger partial charge >= 0.3 is 5.97 Å². The van der Waals surface area contributed by atoms with E-state index in [4.69, 9.17) is 4.74 Å². The minimum Gasteiger partial charge on any atom is -0.497 e. The molecule has 1 N–H and O–H groups in total. The van der Waals surface area contributed by atoms with Crippen LogP contribution in [0.15, 0.2) is 53.0 Å². The van der Waals surface area contributed by atoms with Gasteiger partial charge in [-0.25, -0.2) is 0 Å². The van der Waals surface area contributed by atoms with Gasteiger partial charge in [0.25, 0.3) is 0 Å². The molecule has 0 bridgehead atoms. The van der Waals surface area contributed by atoms with Crippen molar-refractivity contribution in [3.8, 4) is 5.75 Å². The molecule has 0 saturated carbocycles. The largest absolute Gasteiger partial charge is 0.497 e. The van der Waals surface area contributed by atoms with E-state index in [1.165, 1.54) is 0 Å². The topological polar surface area (TPSA) is 46.5 Å². The van der Waals surface area contributed by atoms with E-state index < -0.39 is 11.9 Å². The number of rotatable bonds is 5. The lowest BCUT2D eigenvalue weighted by atomic mass is 9.92. The molecule has 0 radical (unpaired) electrons. The minimum atomic E-state index is -0.826. The molecule has 0 aliphatic rings. The number of halogens is 1. The van der Waals surface area contributed by atoms with Crippen LogP contribution in [-0.2, 0) is 11.2 Å². The number of methoxy groups -OCH3 is 1. The van der Waals surface area contributed by atoms with E-state index in [0.29, 0.717) is 6.42 Å². The van der Waals surface area contributed by atoms with E-state index in [1.54, 1.807) is 7.11 Å². The van der Waals surface area contributed by atoms with Crippen molar-refractivity contribution in [2.75, 3.05) is 7.11 Å². The minimum absolute atomic E-state index is 0.446. The lowest BCUT2D eigenvalue weighted by Crippen LogP contribution is -2.15. The Morgan fingerprint density at radius 1 is 1.20 bits per heavy atom. The number of aliphatic carboxylic acids is 1. The molecule has 0 aromatic heterocycles. The Morgan fingerprint density at radius 3 is 2.40 bits per heavy atom. The summed E-state index contributed by atoms with van der Waals surface area (Å²) in [5, 5.41) is 9.47. The molecule has 1 atom stereocenters. The van der Waals surface area contributed by atoms with Crippen LogP contribution in [0.25, 0.3) is 0 Å². The molecule has 2 aromatic carbocycles. The molecule has 4 heteroatoms. The fraction of sp³-hybridized carbons (Fsp3) is 0.188. The summed E-state index contributed by atoms with van der Waals surface area (Å²) in [6, 6.07) is 14.9. The fourth-order valence-electron chi connectivity index (χ4n) is 2.09. The lowest BCUT2D eigenvalue weighted by Gasteiger charge is -2.14. The number of carbonyl (C=O) groups is 1. The predicted molar refractivity (Wildman–Crippen MR) is 81.2 cm³/mol. The molecule has 0 spiro atoms. The molecule has 0 fully saturated rings. The summed E-state index contributed by atoms with van der Waals surface area (Å²) in [4.78, 5) is 11.5. The first kappa shape index (κ1) is 14.6. The molecular formula is C16H15BrO3. The van der Waals surface area contributed by atoms with E-state index in [-0.39, 0.29) is 0 Å². The number of ether oxygens (including phenoxy) is 1. The predicted octanol–water partition coefficient (Wildman–Crippen LogP) is 3.87. The lowest BCUT2D eigenvalue weighted by molar-refractivity contribution is -0.138. The van der Waals surface area contributed by atoms with Crippen LogP contribution in [0.3, 0.4) is 0 Å². The van der Waals surface area contributed by atoms with Gasteiger partial charge < -0.3 is 9.84 Å². The van der Waals surface area contributed by atoms with Crippen LogP contribution in [0.5, 0.6) is 5.75 Å². The van der Waals surface area contributed by atoms with Crippen LogP contribution in [0.2, 0.25) is 0 Å². The summed E-state index contributed by atoms with van der Waals surface area (Å²) in [6.45, 7) is 0.